The molecule has 0 atom stereocenters. The zero-order valence-electron chi connectivity index (χ0n) is 19.0. The number of nitrogens with zero attached hydrogens (tertiary/aromatic N) is 4. The minimum Gasteiger partial charge on any atom is -0.378 e. The van der Waals surface area contributed by atoms with Gasteiger partial charge in [0.15, 0.2) is 5.16 Å². The van der Waals surface area contributed by atoms with E-state index in [2.05, 4.69) is 35.1 Å². The molecule has 0 bridgehead atoms. The third-order valence-corrected chi connectivity index (χ3v) is 6.32. The number of aromatic nitrogens is 3. The van der Waals surface area contributed by atoms with Crippen molar-refractivity contribution in [1.82, 2.24) is 20.3 Å². The van der Waals surface area contributed by atoms with E-state index in [4.69, 9.17) is 14.7 Å². The minimum absolute atomic E-state index is 0.0961. The second kappa shape index (κ2) is 11.2. The van der Waals surface area contributed by atoms with E-state index in [9.17, 15) is 4.79 Å². The molecule has 2 aromatic heterocycles. The van der Waals surface area contributed by atoms with Gasteiger partial charge in [0.25, 0.3) is 5.91 Å². The normalized spacial score (nSPS) is 13.8. The van der Waals surface area contributed by atoms with Gasteiger partial charge in [-0.2, -0.15) is 0 Å². The van der Waals surface area contributed by atoms with Crippen LogP contribution < -0.4 is 10.2 Å². The quantitative estimate of drug-likeness (QED) is 0.399. The number of ether oxygens (including phenoxy) is 1. The minimum atomic E-state index is -0.0961. The van der Waals surface area contributed by atoms with Gasteiger partial charge in [0.2, 0.25) is 0 Å². The first kappa shape index (κ1) is 23.2. The second-order valence-corrected chi connectivity index (χ2v) is 9.16. The van der Waals surface area contributed by atoms with Gasteiger partial charge in [0.1, 0.15) is 5.82 Å². The van der Waals surface area contributed by atoms with E-state index in [0.717, 1.165) is 59.9 Å². The predicted octanol–water partition coefficient (Wildman–Crippen LogP) is 4.05. The van der Waals surface area contributed by atoms with Gasteiger partial charge in [-0.25, -0.2) is 9.97 Å². The zero-order chi connectivity index (χ0) is 23.0. The number of pyridine rings is 1. The van der Waals surface area contributed by atoms with Gasteiger partial charge in [-0.1, -0.05) is 43.8 Å². The number of anilines is 1. The highest BCUT2D eigenvalue weighted by atomic mass is 32.2. The fourth-order valence-corrected chi connectivity index (χ4v) is 4.25. The molecule has 1 amide bonds. The highest BCUT2D eigenvalue weighted by molar-refractivity contribution is 7.98. The number of hydrogen-bond donors (Lipinski definition) is 1. The molecule has 1 N–H and O–H groups in total. The number of amides is 1. The number of rotatable bonds is 8. The maximum Gasteiger partial charge on any atom is 0.251 e. The molecule has 3 heterocycles. The lowest BCUT2D eigenvalue weighted by atomic mass is 10.1. The molecule has 172 valence electrons. The van der Waals surface area contributed by atoms with Gasteiger partial charge >= 0.3 is 0 Å². The molecule has 4 rings (SSSR count). The van der Waals surface area contributed by atoms with Crippen LogP contribution in [0.1, 0.15) is 46.9 Å². The molecule has 8 heteroatoms. The average Bonchev–Trinajstić information content (AvgIpc) is 2.87. The van der Waals surface area contributed by atoms with Crippen molar-refractivity contribution in [2.24, 2.45) is 0 Å². The first-order valence-corrected chi connectivity index (χ1v) is 12.2. The third-order valence-electron chi connectivity index (χ3n) is 5.40. The largest absolute Gasteiger partial charge is 0.378 e. The van der Waals surface area contributed by atoms with Crippen LogP contribution in [-0.2, 0) is 17.0 Å². The van der Waals surface area contributed by atoms with Crippen molar-refractivity contribution in [3.05, 3.63) is 77.2 Å². The Morgan fingerprint density at radius 2 is 1.91 bits per heavy atom. The van der Waals surface area contributed by atoms with E-state index in [1.807, 2.05) is 36.4 Å². The van der Waals surface area contributed by atoms with E-state index >= 15 is 0 Å². The summed E-state index contributed by atoms with van der Waals surface area (Å²) in [7, 11) is 0. The summed E-state index contributed by atoms with van der Waals surface area (Å²) in [4.78, 5) is 28.3. The molecule has 1 aromatic carbocycles. The zero-order valence-corrected chi connectivity index (χ0v) is 19.8. The molecule has 3 aromatic rings. The molecule has 0 radical (unpaired) electrons. The summed E-state index contributed by atoms with van der Waals surface area (Å²) in [5.41, 5.74) is 3.78. The van der Waals surface area contributed by atoms with Crippen LogP contribution in [-0.4, -0.2) is 47.2 Å². The molecule has 1 saturated heterocycles. The van der Waals surface area contributed by atoms with Crippen LogP contribution >= 0.6 is 11.8 Å². The first-order valence-electron chi connectivity index (χ1n) is 11.2. The Balaban J connectivity index is 1.37. The fraction of sp³-hybridized carbons (Fsp3) is 0.360. The van der Waals surface area contributed by atoms with Crippen LogP contribution in [0.5, 0.6) is 0 Å². The molecule has 0 aliphatic carbocycles. The van der Waals surface area contributed by atoms with E-state index < -0.39 is 0 Å². The van der Waals surface area contributed by atoms with Crippen LogP contribution in [0, 0.1) is 0 Å². The second-order valence-electron chi connectivity index (χ2n) is 8.22. The summed E-state index contributed by atoms with van der Waals surface area (Å²) in [6.45, 7) is 7.92. The smallest absolute Gasteiger partial charge is 0.251 e. The van der Waals surface area contributed by atoms with Crippen LogP contribution in [0.2, 0.25) is 0 Å². The Morgan fingerprint density at radius 1 is 1.12 bits per heavy atom. The SMILES string of the molecule is CC(C)c1cc(N2CCOCC2)nc(SCc2ccc(C(=O)NCc3cccnc3)cc2)n1. The monoisotopic (exact) mass is 463 g/mol. The lowest BCUT2D eigenvalue weighted by molar-refractivity contribution is 0.0951. The molecule has 0 spiro atoms. The van der Waals surface area contributed by atoms with Crippen LogP contribution in [0.15, 0.2) is 60.0 Å². The Morgan fingerprint density at radius 3 is 2.61 bits per heavy atom. The van der Waals surface area contributed by atoms with Crippen molar-refractivity contribution in [3.63, 3.8) is 0 Å². The van der Waals surface area contributed by atoms with E-state index in [0.29, 0.717) is 18.0 Å². The summed E-state index contributed by atoms with van der Waals surface area (Å²) in [6.07, 6.45) is 3.47. The van der Waals surface area contributed by atoms with Crippen LogP contribution in [0.3, 0.4) is 0 Å². The number of carbonyl (C=O) groups excluding carboxylic acids is 1. The van der Waals surface area contributed by atoms with Gasteiger partial charge in [0, 0.05) is 55.1 Å². The Bertz CT molecular complexity index is 1050. The Kier molecular flexibility index (Phi) is 7.91. The highest BCUT2D eigenvalue weighted by Crippen LogP contribution is 2.26. The molecule has 1 aliphatic rings. The number of morpholine rings is 1. The lowest BCUT2D eigenvalue weighted by Gasteiger charge is -2.28. The van der Waals surface area contributed by atoms with Crippen molar-refractivity contribution in [2.45, 2.75) is 37.2 Å². The third kappa shape index (κ3) is 6.52. The summed E-state index contributed by atoms with van der Waals surface area (Å²) >= 11 is 1.62. The van der Waals surface area contributed by atoms with Crippen LogP contribution in [0.4, 0.5) is 5.82 Å². The molecule has 7 nitrogen and oxygen atoms in total. The number of nitrogens with one attached hydrogen (secondary N) is 1. The number of hydrogen-bond acceptors (Lipinski definition) is 7. The predicted molar refractivity (Wildman–Crippen MR) is 131 cm³/mol. The molecule has 1 fully saturated rings. The van der Waals surface area contributed by atoms with E-state index in [1.165, 1.54) is 0 Å². The molecule has 33 heavy (non-hydrogen) atoms. The number of benzene rings is 1. The van der Waals surface area contributed by atoms with Crippen molar-refractivity contribution in [2.75, 3.05) is 31.2 Å². The van der Waals surface area contributed by atoms with Crippen molar-refractivity contribution in [3.8, 4) is 0 Å². The first-order chi connectivity index (χ1) is 16.1. The maximum absolute atomic E-state index is 12.4. The Hall–Kier alpha value is -2.97. The topological polar surface area (TPSA) is 80.2 Å². The fourth-order valence-electron chi connectivity index (χ4n) is 3.43. The molecule has 0 unspecified atom stereocenters. The average molecular weight is 464 g/mol. The molecule has 1 aliphatic heterocycles. The lowest BCUT2D eigenvalue weighted by Crippen LogP contribution is -2.37. The van der Waals surface area contributed by atoms with Crippen molar-refractivity contribution >= 4 is 23.5 Å². The van der Waals surface area contributed by atoms with Gasteiger partial charge in [-0.05, 0) is 35.2 Å². The number of thioether (sulfide) groups is 1. The van der Waals surface area contributed by atoms with Crippen molar-refractivity contribution < 1.29 is 9.53 Å². The van der Waals surface area contributed by atoms with Gasteiger partial charge in [-0.15, -0.1) is 0 Å². The van der Waals surface area contributed by atoms with Crippen molar-refractivity contribution in [1.29, 1.82) is 0 Å². The van der Waals surface area contributed by atoms with E-state index in [-0.39, 0.29) is 5.91 Å². The standard InChI is InChI=1S/C25H29N5O2S/c1-18(2)22-14-23(30-10-12-32-13-11-30)29-25(28-22)33-17-19-5-7-21(8-6-19)24(31)27-16-20-4-3-9-26-15-20/h3-9,14-15,18H,10-13,16-17H2,1-2H3,(H,27,31). The van der Waals surface area contributed by atoms with Crippen LogP contribution in [0.25, 0.3) is 0 Å². The molecule has 0 saturated carbocycles. The summed E-state index contributed by atoms with van der Waals surface area (Å²) in [6, 6.07) is 13.6. The summed E-state index contributed by atoms with van der Waals surface area (Å²) in [5.74, 6) is 1.94. The highest BCUT2D eigenvalue weighted by Gasteiger charge is 2.16. The molecular formula is C25H29N5O2S. The number of carbonyl (C=O) groups is 1. The maximum atomic E-state index is 12.4. The Labute approximate surface area is 199 Å². The molecular weight excluding hydrogens is 434 g/mol. The van der Waals surface area contributed by atoms with E-state index in [1.54, 1.807) is 24.2 Å². The van der Waals surface area contributed by atoms with Gasteiger partial charge < -0.3 is 15.0 Å². The summed E-state index contributed by atoms with van der Waals surface area (Å²) in [5, 5.41) is 3.71. The van der Waals surface area contributed by atoms with Gasteiger partial charge in [-0.3, -0.25) is 9.78 Å². The summed E-state index contributed by atoms with van der Waals surface area (Å²) < 4.78 is 5.48. The van der Waals surface area contributed by atoms with Gasteiger partial charge in [0.05, 0.1) is 13.2 Å².